The molecular formula is C19H21N5O6. The van der Waals surface area contributed by atoms with E-state index in [4.69, 9.17) is 14.7 Å². The Hall–Kier alpha value is -3.76. The Kier molecular flexibility index (Phi) is 6.73. The molecule has 0 saturated carbocycles. The highest BCUT2D eigenvalue weighted by Crippen LogP contribution is 2.25. The van der Waals surface area contributed by atoms with E-state index in [9.17, 15) is 14.9 Å². The average Bonchev–Trinajstić information content (AvgIpc) is 2.74. The third-order valence-corrected chi connectivity index (χ3v) is 4.67. The number of nitro benzene ring substituents is 1. The topological polar surface area (TPSA) is 140 Å². The normalized spacial score (nSPS) is 14.6. The minimum atomic E-state index is -0.922. The molecule has 0 bridgehead atoms. The zero-order chi connectivity index (χ0) is 21.5. The number of nitrogens with zero attached hydrogens (tertiary/aromatic N) is 5. The average molecular weight is 415 g/mol. The lowest BCUT2D eigenvalue weighted by Crippen LogP contribution is -2.41. The fourth-order valence-electron chi connectivity index (χ4n) is 2.94. The van der Waals surface area contributed by atoms with E-state index in [1.807, 2.05) is 0 Å². The molecule has 11 heteroatoms. The Morgan fingerprint density at radius 3 is 2.60 bits per heavy atom. The smallest absolute Gasteiger partial charge is 0.407 e. The monoisotopic (exact) mass is 415 g/mol. The number of nitro groups is 1. The Bertz CT molecular complexity index is 926. The van der Waals surface area contributed by atoms with Crippen LogP contribution in [0.5, 0.6) is 11.8 Å². The number of carbonyl (C=O) groups is 1. The van der Waals surface area contributed by atoms with Gasteiger partial charge in [0.05, 0.1) is 10.5 Å². The molecule has 2 aromatic rings. The third-order valence-electron chi connectivity index (χ3n) is 4.67. The molecule has 1 amide bonds. The molecule has 0 spiro atoms. The van der Waals surface area contributed by atoms with E-state index >= 15 is 0 Å². The van der Waals surface area contributed by atoms with E-state index in [1.54, 1.807) is 19.1 Å². The molecule has 1 aliphatic heterocycles. The lowest BCUT2D eigenvalue weighted by molar-refractivity contribution is -0.384. The molecule has 30 heavy (non-hydrogen) atoms. The first kappa shape index (κ1) is 21.0. The number of benzene rings is 1. The molecule has 3 rings (SSSR count). The summed E-state index contributed by atoms with van der Waals surface area (Å²) in [5.74, 6) is 0.627. The van der Waals surface area contributed by atoms with Crippen molar-refractivity contribution in [3.05, 3.63) is 51.8 Å². The molecule has 1 aliphatic rings. The maximum atomic E-state index is 11.0. The minimum absolute atomic E-state index is 0.0321. The number of non-ortho nitro benzene ring substituents is 1. The zero-order valence-electron chi connectivity index (χ0n) is 16.3. The van der Waals surface area contributed by atoms with Crippen molar-refractivity contribution < 1.29 is 24.4 Å². The summed E-state index contributed by atoms with van der Waals surface area (Å²) >= 11 is 0. The summed E-state index contributed by atoms with van der Waals surface area (Å²) in [4.78, 5) is 36.1. The van der Waals surface area contributed by atoms with Crippen molar-refractivity contribution in [1.29, 1.82) is 0 Å². The zero-order valence-corrected chi connectivity index (χ0v) is 16.3. The Morgan fingerprint density at radius 1 is 1.30 bits per heavy atom. The van der Waals surface area contributed by atoms with E-state index in [2.05, 4.69) is 15.1 Å². The number of likely N-dealkylation sites (tertiary alicyclic amines) is 1. The van der Waals surface area contributed by atoms with Crippen molar-refractivity contribution in [2.75, 3.05) is 13.1 Å². The molecular weight excluding hydrogens is 394 g/mol. The van der Waals surface area contributed by atoms with Gasteiger partial charge in [-0.05, 0) is 12.5 Å². The van der Waals surface area contributed by atoms with E-state index < -0.39 is 11.0 Å². The van der Waals surface area contributed by atoms with Gasteiger partial charge < -0.3 is 19.6 Å². The third kappa shape index (κ3) is 5.40. The molecule has 0 aliphatic carbocycles. The number of piperidine rings is 1. The highest BCUT2D eigenvalue weighted by molar-refractivity contribution is 5.65. The Labute approximate surface area is 172 Å². The van der Waals surface area contributed by atoms with Crippen molar-refractivity contribution in [2.24, 2.45) is 5.16 Å². The first-order valence-corrected chi connectivity index (χ1v) is 9.32. The minimum Gasteiger partial charge on any atom is -0.474 e. The van der Waals surface area contributed by atoms with Crippen molar-refractivity contribution in [3.8, 4) is 11.8 Å². The largest absolute Gasteiger partial charge is 0.474 e. The molecule has 2 heterocycles. The van der Waals surface area contributed by atoms with Gasteiger partial charge in [-0.15, -0.1) is 0 Å². The standard InChI is InChI=1S/C19H21N5O6/c1-13-17(29-16-7-10-23(11-8-16)19(25)26)20-12-21-18(13)30-22-9-6-14-2-4-15(5-3-14)24(27)28/h2-5,9,12,16H,6-8,10-11H2,1H3,(H,25,26). The van der Waals surface area contributed by atoms with Crippen LogP contribution >= 0.6 is 0 Å². The van der Waals surface area contributed by atoms with Crippen molar-refractivity contribution in [3.63, 3.8) is 0 Å². The summed E-state index contributed by atoms with van der Waals surface area (Å²) in [6.07, 6.45) is 3.40. The number of amides is 1. The van der Waals surface area contributed by atoms with Crippen LogP contribution in [0.15, 0.2) is 35.7 Å². The Morgan fingerprint density at radius 2 is 1.97 bits per heavy atom. The van der Waals surface area contributed by atoms with Crippen molar-refractivity contribution >= 4 is 18.0 Å². The van der Waals surface area contributed by atoms with Gasteiger partial charge in [-0.3, -0.25) is 10.1 Å². The van der Waals surface area contributed by atoms with E-state index in [-0.39, 0.29) is 17.7 Å². The van der Waals surface area contributed by atoms with Crippen LogP contribution in [0.4, 0.5) is 10.5 Å². The fraction of sp³-hybridized carbons (Fsp3) is 0.368. The number of hydrogen-bond donors (Lipinski definition) is 1. The second-order valence-electron chi connectivity index (χ2n) is 6.70. The number of carboxylic acid groups (broad SMARTS) is 1. The lowest BCUT2D eigenvalue weighted by atomic mass is 10.1. The van der Waals surface area contributed by atoms with Gasteiger partial charge in [-0.2, -0.15) is 4.98 Å². The van der Waals surface area contributed by atoms with E-state index in [0.29, 0.717) is 43.8 Å². The first-order chi connectivity index (χ1) is 14.4. The number of aromatic nitrogens is 2. The molecule has 0 radical (unpaired) electrons. The van der Waals surface area contributed by atoms with Gasteiger partial charge in [0.1, 0.15) is 12.4 Å². The fourth-order valence-corrected chi connectivity index (χ4v) is 2.94. The molecule has 1 fully saturated rings. The number of hydrogen-bond acceptors (Lipinski definition) is 8. The van der Waals surface area contributed by atoms with Crippen LogP contribution in [0, 0.1) is 17.0 Å². The van der Waals surface area contributed by atoms with Gasteiger partial charge in [0, 0.05) is 50.7 Å². The number of ether oxygens (including phenoxy) is 1. The molecule has 158 valence electrons. The second kappa shape index (κ2) is 9.63. The van der Waals surface area contributed by atoms with Gasteiger partial charge in [0.2, 0.25) is 5.88 Å². The predicted octanol–water partition coefficient (Wildman–Crippen LogP) is 2.82. The summed E-state index contributed by atoms with van der Waals surface area (Å²) in [5.41, 5.74) is 1.47. The van der Waals surface area contributed by atoms with Crippen LogP contribution in [0.1, 0.15) is 24.0 Å². The molecule has 1 aromatic heterocycles. The van der Waals surface area contributed by atoms with E-state index in [0.717, 1.165) is 5.56 Å². The van der Waals surface area contributed by atoms with Crippen LogP contribution in [-0.2, 0) is 6.42 Å². The highest BCUT2D eigenvalue weighted by Gasteiger charge is 2.24. The van der Waals surface area contributed by atoms with Gasteiger partial charge >= 0.3 is 6.09 Å². The van der Waals surface area contributed by atoms with Crippen LogP contribution in [0.2, 0.25) is 0 Å². The van der Waals surface area contributed by atoms with E-state index in [1.165, 1.54) is 29.6 Å². The summed E-state index contributed by atoms with van der Waals surface area (Å²) < 4.78 is 5.90. The van der Waals surface area contributed by atoms with Gasteiger partial charge in [-0.25, -0.2) is 9.78 Å². The first-order valence-electron chi connectivity index (χ1n) is 9.32. The van der Waals surface area contributed by atoms with Gasteiger partial charge in [0.25, 0.3) is 11.6 Å². The molecule has 0 atom stereocenters. The van der Waals surface area contributed by atoms with Crippen LogP contribution in [0.3, 0.4) is 0 Å². The lowest BCUT2D eigenvalue weighted by Gasteiger charge is -2.30. The van der Waals surface area contributed by atoms with Crippen molar-refractivity contribution in [2.45, 2.75) is 32.3 Å². The summed E-state index contributed by atoms with van der Waals surface area (Å²) in [6.45, 7) is 2.59. The summed E-state index contributed by atoms with van der Waals surface area (Å²) in [6, 6.07) is 6.18. The quantitative estimate of drug-likeness (QED) is 0.413. The molecule has 1 aromatic carbocycles. The maximum Gasteiger partial charge on any atom is 0.407 e. The van der Waals surface area contributed by atoms with Crippen LogP contribution in [0.25, 0.3) is 0 Å². The van der Waals surface area contributed by atoms with Crippen molar-refractivity contribution in [1.82, 2.24) is 14.9 Å². The number of rotatable bonds is 7. The van der Waals surface area contributed by atoms with Crippen LogP contribution in [-0.4, -0.2) is 56.4 Å². The molecule has 11 nitrogen and oxygen atoms in total. The summed E-state index contributed by atoms with van der Waals surface area (Å²) in [5, 5.41) is 23.6. The van der Waals surface area contributed by atoms with Gasteiger partial charge in [-0.1, -0.05) is 17.3 Å². The second-order valence-corrected chi connectivity index (χ2v) is 6.70. The Balaban J connectivity index is 1.54. The van der Waals surface area contributed by atoms with Crippen LogP contribution < -0.4 is 9.57 Å². The highest BCUT2D eigenvalue weighted by atomic mass is 16.6. The molecule has 1 saturated heterocycles. The molecule has 1 N–H and O–H groups in total. The molecule has 0 unspecified atom stereocenters. The SMILES string of the molecule is Cc1c(ON=CCc2ccc([N+](=O)[O-])cc2)ncnc1OC1CCN(C(=O)O)CC1. The summed E-state index contributed by atoms with van der Waals surface area (Å²) in [7, 11) is 0. The maximum absolute atomic E-state index is 11.0. The number of oxime groups is 1. The predicted molar refractivity (Wildman–Crippen MR) is 106 cm³/mol. The van der Waals surface area contributed by atoms with Gasteiger partial charge in [0.15, 0.2) is 0 Å².